The maximum atomic E-state index is 9.11. The molecule has 1 aromatic carbocycles. The van der Waals surface area contributed by atoms with E-state index in [1.165, 1.54) is 0 Å². The van der Waals surface area contributed by atoms with E-state index in [9.17, 15) is 0 Å². The highest BCUT2D eigenvalue weighted by Crippen LogP contribution is 2.41. The summed E-state index contributed by atoms with van der Waals surface area (Å²) in [6.45, 7) is 4.69. The molecular weight excluding hydrogens is 190 g/mol. The average Bonchev–Trinajstić information content (AvgIpc) is 2.54. The number of ether oxygens (including phenoxy) is 1. The first-order valence-corrected chi connectivity index (χ1v) is 4.89. The summed E-state index contributed by atoms with van der Waals surface area (Å²) in [6.07, 6.45) is 0. The summed E-state index contributed by atoms with van der Waals surface area (Å²) in [6, 6.07) is 5.70. The summed E-state index contributed by atoms with van der Waals surface area (Å²) < 4.78 is 5.53. The lowest BCUT2D eigenvalue weighted by molar-refractivity contribution is 0.281. The fraction of sp³-hybridized carbons (Fsp3) is 0.417. The molecule has 78 valence electrons. The first-order valence-electron chi connectivity index (χ1n) is 4.89. The van der Waals surface area contributed by atoms with Crippen molar-refractivity contribution < 1.29 is 9.84 Å². The summed E-state index contributed by atoms with van der Waals surface area (Å²) in [7, 11) is 0. The zero-order valence-corrected chi connectivity index (χ0v) is 8.87. The number of hydrogen-bond donors (Lipinski definition) is 1. The summed E-state index contributed by atoms with van der Waals surface area (Å²) in [4.78, 5) is 0. The van der Waals surface area contributed by atoms with Crippen LogP contribution in [0.2, 0.25) is 0 Å². The Morgan fingerprint density at radius 1 is 1.53 bits per heavy atom. The van der Waals surface area contributed by atoms with Gasteiger partial charge in [0, 0.05) is 11.0 Å². The Hall–Kier alpha value is -1.53. The Morgan fingerprint density at radius 3 is 2.87 bits per heavy atom. The lowest BCUT2D eigenvalue weighted by atomic mass is 9.85. The van der Waals surface area contributed by atoms with Crippen LogP contribution >= 0.6 is 0 Å². The van der Waals surface area contributed by atoms with Gasteiger partial charge in [-0.15, -0.1) is 0 Å². The lowest BCUT2D eigenvalue weighted by Crippen LogP contribution is -2.18. The number of fused-ring (bicyclic) bond motifs is 1. The molecule has 1 N–H and O–H groups in total. The van der Waals surface area contributed by atoms with Gasteiger partial charge in [0.05, 0.1) is 18.8 Å². The van der Waals surface area contributed by atoms with Crippen molar-refractivity contribution in [3.05, 3.63) is 28.8 Å². The van der Waals surface area contributed by atoms with Crippen LogP contribution in [0.15, 0.2) is 12.1 Å². The molecule has 1 aromatic rings. The van der Waals surface area contributed by atoms with Gasteiger partial charge in [0.1, 0.15) is 11.8 Å². The predicted molar refractivity (Wildman–Crippen MR) is 55.6 cm³/mol. The third kappa shape index (κ3) is 1.47. The van der Waals surface area contributed by atoms with Gasteiger partial charge in [0.25, 0.3) is 0 Å². The van der Waals surface area contributed by atoms with Crippen LogP contribution in [0.3, 0.4) is 0 Å². The maximum Gasteiger partial charge on any atom is 0.140 e. The molecule has 1 aliphatic rings. The highest BCUT2D eigenvalue weighted by Gasteiger charge is 2.33. The van der Waals surface area contributed by atoms with Gasteiger partial charge in [-0.25, -0.2) is 0 Å². The van der Waals surface area contributed by atoms with Gasteiger partial charge in [-0.2, -0.15) is 5.26 Å². The number of nitrogens with zero attached hydrogens (tertiary/aromatic N) is 1. The van der Waals surface area contributed by atoms with Gasteiger partial charge in [0.15, 0.2) is 0 Å². The Kier molecular flexibility index (Phi) is 2.17. The van der Waals surface area contributed by atoms with Crippen LogP contribution in [0, 0.1) is 11.3 Å². The molecule has 0 fully saturated rings. The van der Waals surface area contributed by atoms with Crippen molar-refractivity contribution in [2.24, 2.45) is 0 Å². The van der Waals surface area contributed by atoms with Gasteiger partial charge in [0.2, 0.25) is 0 Å². The number of aliphatic hydroxyl groups excluding tert-OH is 1. The monoisotopic (exact) mass is 203 g/mol. The first-order chi connectivity index (χ1) is 7.08. The van der Waals surface area contributed by atoms with Crippen LogP contribution in [-0.2, 0) is 12.0 Å². The molecule has 0 saturated carbocycles. The van der Waals surface area contributed by atoms with Crippen LogP contribution in [0.25, 0.3) is 0 Å². The Balaban J connectivity index is 2.65. The van der Waals surface area contributed by atoms with E-state index in [0.29, 0.717) is 17.9 Å². The van der Waals surface area contributed by atoms with Gasteiger partial charge < -0.3 is 9.84 Å². The van der Waals surface area contributed by atoms with E-state index >= 15 is 0 Å². The minimum absolute atomic E-state index is 0.0436. The molecule has 2 rings (SSSR count). The fourth-order valence-corrected chi connectivity index (χ4v) is 1.85. The van der Waals surface area contributed by atoms with E-state index in [-0.39, 0.29) is 12.0 Å². The summed E-state index contributed by atoms with van der Waals surface area (Å²) >= 11 is 0. The second-order valence-corrected chi connectivity index (χ2v) is 4.46. The second-order valence-electron chi connectivity index (χ2n) is 4.46. The third-order valence-electron chi connectivity index (χ3n) is 2.76. The van der Waals surface area contributed by atoms with Gasteiger partial charge >= 0.3 is 0 Å². The normalized spacial score (nSPS) is 16.7. The number of benzene rings is 1. The third-order valence-corrected chi connectivity index (χ3v) is 2.76. The van der Waals surface area contributed by atoms with Crippen molar-refractivity contribution in [3.63, 3.8) is 0 Å². The molecule has 1 aliphatic heterocycles. The van der Waals surface area contributed by atoms with E-state index in [0.717, 1.165) is 11.1 Å². The largest absolute Gasteiger partial charge is 0.491 e. The molecule has 0 aromatic heterocycles. The van der Waals surface area contributed by atoms with Crippen molar-refractivity contribution >= 4 is 0 Å². The fourth-order valence-electron chi connectivity index (χ4n) is 1.85. The van der Waals surface area contributed by atoms with Crippen molar-refractivity contribution in [2.75, 3.05) is 6.61 Å². The van der Waals surface area contributed by atoms with Crippen LogP contribution < -0.4 is 4.74 Å². The smallest absolute Gasteiger partial charge is 0.140 e. The van der Waals surface area contributed by atoms with Crippen LogP contribution in [-0.4, -0.2) is 11.7 Å². The number of rotatable bonds is 1. The molecule has 15 heavy (non-hydrogen) atoms. The molecule has 3 nitrogen and oxygen atoms in total. The molecule has 3 heteroatoms. The SMILES string of the molecule is CC1(C)COc2c(C#N)cc(CO)cc21. The molecule has 0 aliphatic carbocycles. The van der Waals surface area contributed by atoms with Gasteiger partial charge in [-0.1, -0.05) is 13.8 Å². The van der Waals surface area contributed by atoms with E-state index < -0.39 is 0 Å². The van der Waals surface area contributed by atoms with Crippen LogP contribution in [0.1, 0.15) is 30.5 Å². The van der Waals surface area contributed by atoms with E-state index in [2.05, 4.69) is 19.9 Å². The minimum Gasteiger partial charge on any atom is -0.491 e. The highest BCUT2D eigenvalue weighted by atomic mass is 16.5. The van der Waals surface area contributed by atoms with Crippen molar-refractivity contribution in [1.82, 2.24) is 0 Å². The molecule has 0 spiro atoms. The number of aliphatic hydroxyl groups is 1. The van der Waals surface area contributed by atoms with Crippen LogP contribution in [0.4, 0.5) is 0 Å². The molecular formula is C12H13NO2. The second kappa shape index (κ2) is 3.25. The minimum atomic E-state index is -0.0773. The summed E-state index contributed by atoms with van der Waals surface area (Å²) in [5.74, 6) is 0.680. The van der Waals surface area contributed by atoms with E-state index in [1.807, 2.05) is 6.07 Å². The molecule has 0 saturated heterocycles. The standard InChI is InChI=1S/C12H13NO2/c1-12(2)7-15-11-9(5-13)3-8(6-14)4-10(11)12/h3-4,14H,6-7H2,1-2H3. The molecule has 1 heterocycles. The van der Waals surface area contributed by atoms with Crippen LogP contribution in [0.5, 0.6) is 5.75 Å². The maximum absolute atomic E-state index is 9.11. The highest BCUT2D eigenvalue weighted by molar-refractivity contribution is 5.55. The van der Waals surface area contributed by atoms with Crippen molar-refractivity contribution in [1.29, 1.82) is 5.26 Å². The topological polar surface area (TPSA) is 53.2 Å². The lowest BCUT2D eigenvalue weighted by Gasteiger charge is -2.15. The van der Waals surface area contributed by atoms with Gasteiger partial charge in [-0.3, -0.25) is 0 Å². The zero-order valence-electron chi connectivity index (χ0n) is 8.87. The quantitative estimate of drug-likeness (QED) is 0.756. The number of hydrogen-bond acceptors (Lipinski definition) is 3. The summed E-state index contributed by atoms with van der Waals surface area (Å²) in [5, 5.41) is 18.1. The Morgan fingerprint density at radius 2 is 2.27 bits per heavy atom. The molecule has 0 atom stereocenters. The van der Waals surface area contributed by atoms with E-state index in [1.54, 1.807) is 6.07 Å². The van der Waals surface area contributed by atoms with Crippen molar-refractivity contribution in [3.8, 4) is 11.8 Å². The zero-order chi connectivity index (χ0) is 11.1. The van der Waals surface area contributed by atoms with Crippen molar-refractivity contribution in [2.45, 2.75) is 25.9 Å². The number of nitriles is 1. The molecule has 0 bridgehead atoms. The summed E-state index contributed by atoms with van der Waals surface area (Å²) in [5.41, 5.74) is 2.23. The Labute approximate surface area is 88.9 Å². The molecule has 0 amide bonds. The predicted octanol–water partition coefficient (Wildman–Crippen LogP) is 1.72. The Bertz CT molecular complexity index is 444. The van der Waals surface area contributed by atoms with Gasteiger partial charge in [-0.05, 0) is 17.7 Å². The first kappa shape index (κ1) is 10.0. The molecule has 0 unspecified atom stereocenters. The van der Waals surface area contributed by atoms with E-state index in [4.69, 9.17) is 15.1 Å². The molecule has 0 radical (unpaired) electrons. The average molecular weight is 203 g/mol.